The molecule has 0 bridgehead atoms. The molecule has 6 heteroatoms. The molecule has 0 aliphatic heterocycles. The highest BCUT2D eigenvalue weighted by molar-refractivity contribution is 5.57. The monoisotopic (exact) mass is 365 g/mol. The molecule has 26 heavy (non-hydrogen) atoms. The average molecular weight is 365 g/mol. The van der Waals surface area contributed by atoms with Crippen LogP contribution in [0.3, 0.4) is 0 Å². The van der Waals surface area contributed by atoms with Crippen molar-refractivity contribution in [3.8, 4) is 0 Å². The fraction of sp³-hybridized carbons (Fsp3) is 0.100. The molecule has 0 aromatic heterocycles. The van der Waals surface area contributed by atoms with E-state index in [4.69, 9.17) is 0 Å². The van der Waals surface area contributed by atoms with E-state index < -0.39 is 34.6 Å². The lowest BCUT2D eigenvalue weighted by Gasteiger charge is -2.11. The van der Waals surface area contributed by atoms with Crippen LogP contribution in [-0.4, -0.2) is 14.1 Å². The molecule has 0 heterocycles. The molecule has 0 fully saturated rings. The van der Waals surface area contributed by atoms with E-state index in [1.807, 2.05) is 49.3 Å². The molecule has 136 valence electrons. The van der Waals surface area contributed by atoms with Gasteiger partial charge in [0.05, 0.1) is 5.56 Å². The van der Waals surface area contributed by atoms with Gasteiger partial charge in [-0.05, 0) is 23.8 Å². The van der Waals surface area contributed by atoms with Crippen molar-refractivity contribution in [1.29, 1.82) is 0 Å². The first-order valence-electron chi connectivity index (χ1n) is 7.63. The fourth-order valence-corrected chi connectivity index (χ4v) is 2.10. The Kier molecular flexibility index (Phi) is 6.33. The summed E-state index contributed by atoms with van der Waals surface area (Å²) in [6.45, 7) is 0. The molecule has 0 saturated heterocycles. The van der Waals surface area contributed by atoms with Gasteiger partial charge in [-0.25, -0.2) is 22.0 Å². The summed E-state index contributed by atoms with van der Waals surface area (Å²) < 4.78 is 66.0. The molecule has 1 nitrogen and oxygen atoms in total. The Balaban J connectivity index is 2.07. The molecule has 2 aromatic carbocycles. The maximum absolute atomic E-state index is 13.5. The van der Waals surface area contributed by atoms with Crippen LogP contribution >= 0.6 is 0 Å². The van der Waals surface area contributed by atoms with Crippen molar-refractivity contribution in [2.45, 2.75) is 0 Å². The molecule has 0 aliphatic rings. The van der Waals surface area contributed by atoms with E-state index in [9.17, 15) is 22.0 Å². The topological polar surface area (TPSA) is 3.24 Å². The van der Waals surface area contributed by atoms with Gasteiger partial charge in [-0.1, -0.05) is 42.5 Å². The molecule has 0 unspecified atom stereocenters. The zero-order chi connectivity index (χ0) is 19.3. The van der Waals surface area contributed by atoms with Crippen LogP contribution in [0.5, 0.6) is 0 Å². The average Bonchev–Trinajstić information content (AvgIpc) is 2.64. The van der Waals surface area contributed by atoms with Crippen molar-refractivity contribution >= 4 is 17.8 Å². The van der Waals surface area contributed by atoms with E-state index >= 15 is 0 Å². The Labute approximate surface area is 148 Å². The van der Waals surface area contributed by atoms with Gasteiger partial charge in [-0.3, -0.25) is 0 Å². The summed E-state index contributed by atoms with van der Waals surface area (Å²) >= 11 is 0. The standard InChI is InChI=1S/C20H16F5N/c1-26(2)14-11-9-13(10-12-14)7-5-3-4-6-8-15-16(21)18(23)20(25)19(24)17(15)22/h3-12H,1-2H3/b4-3+,7-5+,8-6+. The maximum Gasteiger partial charge on any atom is 0.200 e. The first kappa shape index (κ1) is 19.4. The number of benzene rings is 2. The van der Waals surface area contributed by atoms with Crippen molar-refractivity contribution in [3.63, 3.8) is 0 Å². The lowest BCUT2D eigenvalue weighted by molar-refractivity contribution is 0.377. The Morgan fingerprint density at radius 1 is 0.615 bits per heavy atom. The third-order valence-corrected chi connectivity index (χ3v) is 3.54. The Morgan fingerprint density at radius 3 is 1.58 bits per heavy atom. The van der Waals surface area contributed by atoms with E-state index in [0.29, 0.717) is 0 Å². The minimum atomic E-state index is -2.17. The molecule has 0 saturated carbocycles. The van der Waals surface area contributed by atoms with E-state index in [0.717, 1.165) is 17.3 Å². The summed E-state index contributed by atoms with van der Waals surface area (Å²) in [5.74, 6) is -9.82. The highest BCUT2D eigenvalue weighted by atomic mass is 19.2. The third kappa shape index (κ3) is 4.39. The van der Waals surface area contributed by atoms with E-state index in [1.165, 1.54) is 12.2 Å². The summed E-state index contributed by atoms with van der Waals surface area (Å²) in [7, 11) is 3.87. The Hall–Kier alpha value is -2.89. The molecule has 2 rings (SSSR count). The van der Waals surface area contributed by atoms with Crippen molar-refractivity contribution in [2.24, 2.45) is 0 Å². The summed E-state index contributed by atoms with van der Waals surface area (Å²) in [6.07, 6.45) is 8.51. The quantitative estimate of drug-likeness (QED) is 0.283. The minimum Gasteiger partial charge on any atom is -0.378 e. The molecule has 0 radical (unpaired) electrons. The molecule has 0 aliphatic carbocycles. The number of halogens is 5. The molecule has 2 aromatic rings. The van der Waals surface area contributed by atoms with Gasteiger partial charge in [-0.2, -0.15) is 0 Å². The summed E-state index contributed by atoms with van der Waals surface area (Å²) in [5.41, 5.74) is 1.03. The molecule has 0 spiro atoms. The van der Waals surface area contributed by atoms with Crippen molar-refractivity contribution in [3.05, 3.63) is 88.8 Å². The van der Waals surface area contributed by atoms with E-state index in [1.54, 1.807) is 12.2 Å². The van der Waals surface area contributed by atoms with Crippen LogP contribution in [0.4, 0.5) is 27.6 Å². The van der Waals surface area contributed by atoms with Gasteiger partial charge in [0, 0.05) is 19.8 Å². The fourth-order valence-electron chi connectivity index (χ4n) is 2.10. The second-order valence-corrected chi connectivity index (χ2v) is 5.57. The number of hydrogen-bond donors (Lipinski definition) is 0. The van der Waals surface area contributed by atoms with Gasteiger partial charge in [-0.15, -0.1) is 0 Å². The number of rotatable bonds is 5. The minimum absolute atomic E-state index is 0.826. The Morgan fingerprint density at radius 2 is 1.08 bits per heavy atom. The lowest BCUT2D eigenvalue weighted by Crippen LogP contribution is -2.07. The third-order valence-electron chi connectivity index (χ3n) is 3.54. The summed E-state index contributed by atoms with van der Waals surface area (Å²) in [5, 5.41) is 0. The second-order valence-electron chi connectivity index (χ2n) is 5.57. The van der Waals surface area contributed by atoms with Gasteiger partial charge in [0.25, 0.3) is 0 Å². The summed E-state index contributed by atoms with van der Waals surface area (Å²) in [4.78, 5) is 1.97. The van der Waals surface area contributed by atoms with Crippen molar-refractivity contribution < 1.29 is 22.0 Å². The first-order chi connectivity index (χ1) is 12.3. The van der Waals surface area contributed by atoms with Crippen LogP contribution in [0.25, 0.3) is 12.2 Å². The second kappa shape index (κ2) is 8.47. The zero-order valence-electron chi connectivity index (χ0n) is 14.1. The lowest BCUT2D eigenvalue weighted by atomic mass is 10.1. The number of hydrogen-bond acceptors (Lipinski definition) is 1. The van der Waals surface area contributed by atoms with E-state index in [-0.39, 0.29) is 0 Å². The molecular formula is C20H16F5N. The van der Waals surface area contributed by atoms with E-state index in [2.05, 4.69) is 0 Å². The number of allylic oxidation sites excluding steroid dienone is 4. The largest absolute Gasteiger partial charge is 0.378 e. The smallest absolute Gasteiger partial charge is 0.200 e. The van der Waals surface area contributed by atoms with Crippen LogP contribution in [0, 0.1) is 29.1 Å². The number of anilines is 1. The molecule has 0 N–H and O–H groups in total. The van der Waals surface area contributed by atoms with Crippen LogP contribution in [0.15, 0.2) is 48.6 Å². The van der Waals surface area contributed by atoms with Gasteiger partial charge in [0.1, 0.15) is 0 Å². The van der Waals surface area contributed by atoms with Gasteiger partial charge < -0.3 is 4.90 Å². The summed E-state index contributed by atoms with van der Waals surface area (Å²) in [6, 6.07) is 7.74. The van der Waals surface area contributed by atoms with Crippen LogP contribution < -0.4 is 4.90 Å². The predicted octanol–water partition coefficient (Wildman–Crippen LogP) is 5.73. The Bertz CT molecular complexity index is 836. The van der Waals surface area contributed by atoms with Crippen LogP contribution in [-0.2, 0) is 0 Å². The molecule has 0 atom stereocenters. The zero-order valence-corrected chi connectivity index (χ0v) is 14.1. The maximum atomic E-state index is 13.5. The van der Waals surface area contributed by atoms with Crippen LogP contribution in [0.1, 0.15) is 11.1 Å². The van der Waals surface area contributed by atoms with Gasteiger partial charge in [0.15, 0.2) is 23.3 Å². The van der Waals surface area contributed by atoms with Crippen molar-refractivity contribution in [1.82, 2.24) is 0 Å². The normalized spacial score (nSPS) is 12.0. The van der Waals surface area contributed by atoms with Gasteiger partial charge >= 0.3 is 0 Å². The van der Waals surface area contributed by atoms with Gasteiger partial charge in [0.2, 0.25) is 5.82 Å². The molecular weight excluding hydrogens is 349 g/mol. The SMILES string of the molecule is CN(C)c1ccc(/C=C/C=C/C=C/c2c(F)c(F)c(F)c(F)c2F)cc1. The predicted molar refractivity (Wildman–Crippen MR) is 94.2 cm³/mol. The van der Waals surface area contributed by atoms with Crippen LogP contribution in [0.2, 0.25) is 0 Å². The first-order valence-corrected chi connectivity index (χ1v) is 7.63. The highest BCUT2D eigenvalue weighted by Gasteiger charge is 2.23. The van der Waals surface area contributed by atoms with Crippen molar-refractivity contribution in [2.75, 3.05) is 19.0 Å². The number of nitrogens with zero attached hydrogens (tertiary/aromatic N) is 1. The highest BCUT2D eigenvalue weighted by Crippen LogP contribution is 2.24. The molecule has 0 amide bonds.